The molecular formula is C15H23Cl2N3O3. The molecule has 0 saturated carbocycles. The highest BCUT2D eigenvalue weighted by Crippen LogP contribution is 2.33. The van der Waals surface area contributed by atoms with Crippen molar-refractivity contribution in [1.82, 2.24) is 5.32 Å². The molecule has 6 nitrogen and oxygen atoms in total. The van der Waals surface area contributed by atoms with Gasteiger partial charge < -0.3 is 25.0 Å². The molecule has 2 aliphatic heterocycles. The third-order valence-electron chi connectivity index (χ3n) is 3.92. The van der Waals surface area contributed by atoms with E-state index in [2.05, 4.69) is 15.5 Å². The number of anilines is 2. The third kappa shape index (κ3) is 4.41. The fraction of sp³-hybridized carbons (Fsp3) is 0.533. The van der Waals surface area contributed by atoms with Gasteiger partial charge in [0.15, 0.2) is 0 Å². The van der Waals surface area contributed by atoms with Crippen molar-refractivity contribution in [3.8, 4) is 5.75 Å². The van der Waals surface area contributed by atoms with E-state index in [4.69, 9.17) is 9.47 Å². The van der Waals surface area contributed by atoms with Gasteiger partial charge in [-0.3, -0.25) is 4.79 Å². The highest BCUT2D eigenvalue weighted by Gasteiger charge is 2.28. The maximum absolute atomic E-state index is 12.3. The lowest BCUT2D eigenvalue weighted by Crippen LogP contribution is -2.53. The van der Waals surface area contributed by atoms with E-state index in [1.54, 1.807) is 0 Å². The molecule has 0 unspecified atom stereocenters. The number of carbonyl (C=O) groups is 1. The Morgan fingerprint density at radius 1 is 1.35 bits per heavy atom. The Balaban J connectivity index is 0.00000132. The Labute approximate surface area is 148 Å². The van der Waals surface area contributed by atoms with Gasteiger partial charge in [-0.15, -0.1) is 24.8 Å². The second-order valence-corrected chi connectivity index (χ2v) is 5.45. The number of hydrogen-bond donors (Lipinski definition) is 2. The normalized spacial score (nSPS) is 22.8. The van der Waals surface area contributed by atoms with Crippen molar-refractivity contribution in [1.29, 1.82) is 0 Å². The quantitative estimate of drug-likeness (QED) is 0.836. The summed E-state index contributed by atoms with van der Waals surface area (Å²) in [4.78, 5) is 14.5. The Kier molecular flexibility index (Phi) is 7.41. The van der Waals surface area contributed by atoms with Gasteiger partial charge in [0.2, 0.25) is 5.91 Å². The number of carbonyl (C=O) groups excluding carboxylic acids is 1. The van der Waals surface area contributed by atoms with Gasteiger partial charge in [-0.2, -0.15) is 0 Å². The molecule has 130 valence electrons. The monoisotopic (exact) mass is 363 g/mol. The fourth-order valence-electron chi connectivity index (χ4n) is 2.68. The van der Waals surface area contributed by atoms with Crippen LogP contribution >= 0.6 is 24.8 Å². The molecule has 23 heavy (non-hydrogen) atoms. The Morgan fingerprint density at radius 3 is 2.87 bits per heavy atom. The standard InChI is InChI=1S/C15H21N3O3.2ClH/c1-10-14(16-5-7-20-10)15(19)17-11-3-4-13-12(9-11)18(2)6-8-21-13;;/h3-4,9-10,14,16H,5-8H2,1-2H3,(H,17,19);2*1H/t10-,14+;;/m1../s1. The van der Waals surface area contributed by atoms with Crippen LogP contribution in [0.1, 0.15) is 6.92 Å². The lowest BCUT2D eigenvalue weighted by Gasteiger charge is -2.30. The molecular weight excluding hydrogens is 341 g/mol. The topological polar surface area (TPSA) is 62.8 Å². The molecule has 1 saturated heterocycles. The first-order valence-electron chi connectivity index (χ1n) is 7.29. The number of hydrogen-bond acceptors (Lipinski definition) is 5. The van der Waals surface area contributed by atoms with Crippen molar-refractivity contribution in [2.75, 3.05) is 43.6 Å². The first-order valence-corrected chi connectivity index (χ1v) is 7.29. The van der Waals surface area contributed by atoms with Gasteiger partial charge in [0.25, 0.3) is 0 Å². The summed E-state index contributed by atoms with van der Waals surface area (Å²) >= 11 is 0. The highest BCUT2D eigenvalue weighted by atomic mass is 35.5. The average Bonchev–Trinajstić information content (AvgIpc) is 2.48. The number of nitrogens with zero attached hydrogens (tertiary/aromatic N) is 1. The number of rotatable bonds is 2. The summed E-state index contributed by atoms with van der Waals surface area (Å²) in [6.45, 7) is 4.79. The smallest absolute Gasteiger partial charge is 0.244 e. The van der Waals surface area contributed by atoms with Crippen molar-refractivity contribution in [2.24, 2.45) is 0 Å². The minimum absolute atomic E-state index is 0. The lowest BCUT2D eigenvalue weighted by molar-refractivity contribution is -0.123. The maximum Gasteiger partial charge on any atom is 0.244 e. The van der Waals surface area contributed by atoms with Crippen LogP contribution in [0.4, 0.5) is 11.4 Å². The zero-order chi connectivity index (χ0) is 14.8. The number of ether oxygens (including phenoxy) is 2. The molecule has 1 amide bonds. The van der Waals surface area contributed by atoms with E-state index in [0.29, 0.717) is 19.8 Å². The van der Waals surface area contributed by atoms with Crippen molar-refractivity contribution >= 4 is 42.1 Å². The molecule has 0 spiro atoms. The first kappa shape index (κ1) is 19.8. The second-order valence-electron chi connectivity index (χ2n) is 5.45. The van der Waals surface area contributed by atoms with Crippen LogP contribution in [0, 0.1) is 0 Å². The predicted molar refractivity (Wildman–Crippen MR) is 95.5 cm³/mol. The van der Waals surface area contributed by atoms with Crippen LogP contribution in [0.2, 0.25) is 0 Å². The Hall–Kier alpha value is -1.21. The number of morpholine rings is 1. The SMILES string of the molecule is C[C@H]1OCCN[C@@H]1C(=O)Nc1ccc2c(c1)N(C)CCO2.Cl.Cl. The van der Waals surface area contributed by atoms with Gasteiger partial charge in [0, 0.05) is 19.3 Å². The van der Waals surface area contributed by atoms with E-state index >= 15 is 0 Å². The summed E-state index contributed by atoms with van der Waals surface area (Å²) in [7, 11) is 2.02. The summed E-state index contributed by atoms with van der Waals surface area (Å²) in [5.74, 6) is 0.788. The highest BCUT2D eigenvalue weighted by molar-refractivity contribution is 5.96. The van der Waals surface area contributed by atoms with E-state index in [0.717, 1.165) is 23.7 Å². The van der Waals surface area contributed by atoms with Gasteiger partial charge in [-0.1, -0.05) is 0 Å². The van der Waals surface area contributed by atoms with Gasteiger partial charge in [0.1, 0.15) is 18.4 Å². The molecule has 8 heteroatoms. The lowest BCUT2D eigenvalue weighted by atomic mass is 10.1. The van der Waals surface area contributed by atoms with Gasteiger partial charge in [-0.25, -0.2) is 0 Å². The zero-order valence-corrected chi connectivity index (χ0v) is 14.8. The van der Waals surface area contributed by atoms with Gasteiger partial charge >= 0.3 is 0 Å². The molecule has 0 bridgehead atoms. The van der Waals surface area contributed by atoms with E-state index in [-0.39, 0.29) is 42.9 Å². The largest absolute Gasteiger partial charge is 0.490 e. The maximum atomic E-state index is 12.3. The summed E-state index contributed by atoms with van der Waals surface area (Å²) in [5.41, 5.74) is 1.77. The molecule has 2 aliphatic rings. The molecule has 0 radical (unpaired) electrons. The molecule has 0 aliphatic carbocycles. The van der Waals surface area contributed by atoms with Crippen LogP contribution in [-0.4, -0.2) is 51.4 Å². The minimum atomic E-state index is -0.316. The molecule has 1 aromatic carbocycles. The molecule has 2 atom stereocenters. The summed E-state index contributed by atoms with van der Waals surface area (Å²) in [5, 5.41) is 6.14. The first-order chi connectivity index (χ1) is 10.1. The van der Waals surface area contributed by atoms with Crippen LogP contribution in [0.5, 0.6) is 5.75 Å². The predicted octanol–water partition coefficient (Wildman–Crippen LogP) is 1.67. The molecule has 1 fully saturated rings. The molecule has 2 heterocycles. The van der Waals surface area contributed by atoms with Crippen LogP contribution < -0.4 is 20.3 Å². The third-order valence-corrected chi connectivity index (χ3v) is 3.92. The zero-order valence-electron chi connectivity index (χ0n) is 13.2. The molecule has 1 aromatic rings. The van der Waals surface area contributed by atoms with Crippen molar-refractivity contribution in [3.05, 3.63) is 18.2 Å². The van der Waals surface area contributed by atoms with Crippen molar-refractivity contribution in [3.63, 3.8) is 0 Å². The van der Waals surface area contributed by atoms with Gasteiger partial charge in [-0.05, 0) is 25.1 Å². The number of halogens is 2. The summed E-state index contributed by atoms with van der Waals surface area (Å²) in [6, 6.07) is 5.39. The van der Waals surface area contributed by atoms with Crippen molar-refractivity contribution in [2.45, 2.75) is 19.1 Å². The van der Waals surface area contributed by atoms with E-state index in [1.165, 1.54) is 0 Å². The fourth-order valence-corrected chi connectivity index (χ4v) is 2.68. The van der Waals surface area contributed by atoms with Crippen LogP contribution in [0.25, 0.3) is 0 Å². The van der Waals surface area contributed by atoms with Crippen molar-refractivity contribution < 1.29 is 14.3 Å². The van der Waals surface area contributed by atoms with E-state index < -0.39 is 0 Å². The molecule has 2 N–H and O–H groups in total. The summed E-state index contributed by atoms with van der Waals surface area (Å²) in [6.07, 6.45) is -0.123. The number of fused-ring (bicyclic) bond motifs is 1. The number of amides is 1. The number of likely N-dealkylation sites (N-methyl/N-ethyl adjacent to an activating group) is 1. The van der Waals surface area contributed by atoms with Gasteiger partial charge in [0.05, 0.1) is 24.9 Å². The van der Waals surface area contributed by atoms with E-state index in [9.17, 15) is 4.79 Å². The van der Waals surface area contributed by atoms with Crippen LogP contribution in [0.3, 0.4) is 0 Å². The minimum Gasteiger partial charge on any atom is -0.490 e. The Bertz CT molecular complexity index is 545. The number of benzene rings is 1. The second kappa shape index (κ2) is 8.59. The van der Waals surface area contributed by atoms with E-state index in [1.807, 2.05) is 32.2 Å². The summed E-state index contributed by atoms with van der Waals surface area (Å²) < 4.78 is 11.1. The Morgan fingerprint density at radius 2 is 2.13 bits per heavy atom. The molecule has 3 rings (SSSR count). The number of nitrogens with one attached hydrogen (secondary N) is 2. The van der Waals surface area contributed by atoms with Crippen LogP contribution in [-0.2, 0) is 9.53 Å². The average molecular weight is 364 g/mol. The molecule has 0 aromatic heterocycles. The van der Waals surface area contributed by atoms with Crippen LogP contribution in [0.15, 0.2) is 18.2 Å².